The number of amidine groups is 1. The van der Waals surface area contributed by atoms with Crippen LogP contribution in [0.1, 0.15) is 0 Å². The van der Waals surface area contributed by atoms with Crippen LogP contribution in [0.3, 0.4) is 0 Å². The summed E-state index contributed by atoms with van der Waals surface area (Å²) in [7, 11) is -4.89. The summed E-state index contributed by atoms with van der Waals surface area (Å²) in [5.74, 6) is -0.830. The SMILES string of the molecule is O=S(=O)(O)c1cc2ccc(Nc3ccccc3)cc2c(O)c1N=Nc1ccc(NC2=C(Cl)C(F)N=C(F)N2)cc1SOOO. The average molecular weight is 665 g/mol. The third-order valence-corrected chi connectivity index (χ3v) is 7.81. The molecule has 0 saturated carbocycles. The van der Waals surface area contributed by atoms with Crippen LogP contribution in [0.2, 0.25) is 0 Å². The van der Waals surface area contributed by atoms with Crippen molar-refractivity contribution in [1.29, 1.82) is 0 Å². The van der Waals surface area contributed by atoms with Crippen molar-refractivity contribution in [3.8, 4) is 5.75 Å². The molecule has 6 N–H and O–H groups in total. The number of aromatic hydroxyl groups is 1. The van der Waals surface area contributed by atoms with Crippen molar-refractivity contribution in [2.75, 3.05) is 10.6 Å². The molecular weight excluding hydrogens is 646 g/mol. The molecule has 1 unspecified atom stereocenters. The van der Waals surface area contributed by atoms with E-state index in [0.29, 0.717) is 17.7 Å². The van der Waals surface area contributed by atoms with Gasteiger partial charge < -0.3 is 21.1 Å². The summed E-state index contributed by atoms with van der Waals surface area (Å²) in [6.45, 7) is 0. The van der Waals surface area contributed by atoms with Crippen molar-refractivity contribution < 1.29 is 41.5 Å². The first kappa shape index (κ1) is 31.1. The van der Waals surface area contributed by atoms with E-state index in [1.165, 1.54) is 18.2 Å². The number of anilines is 3. The largest absolute Gasteiger partial charge is 0.505 e. The van der Waals surface area contributed by atoms with Gasteiger partial charge in [-0.25, -0.2) is 9.65 Å². The number of phenolic OH excluding ortho intramolecular Hbond substituents is 1. The molecule has 1 aliphatic heterocycles. The van der Waals surface area contributed by atoms with Gasteiger partial charge in [-0.2, -0.15) is 17.8 Å². The maximum absolute atomic E-state index is 13.8. The Labute approximate surface area is 256 Å². The Bertz CT molecular complexity index is 1930. The molecule has 0 aromatic heterocycles. The summed E-state index contributed by atoms with van der Waals surface area (Å²) < 4.78 is 66.3. The Hall–Kier alpha value is -4.36. The van der Waals surface area contributed by atoms with Crippen LogP contribution in [-0.4, -0.2) is 35.7 Å². The van der Waals surface area contributed by atoms with Gasteiger partial charge in [0.25, 0.3) is 16.2 Å². The number of fused-ring (bicyclic) bond motifs is 1. The molecule has 0 saturated heterocycles. The Morgan fingerprint density at radius 2 is 1.73 bits per heavy atom. The van der Waals surface area contributed by atoms with Gasteiger partial charge in [0.2, 0.25) is 6.30 Å². The van der Waals surface area contributed by atoms with Crippen molar-refractivity contribution in [3.05, 3.63) is 83.6 Å². The third kappa shape index (κ3) is 7.05. The lowest BCUT2D eigenvalue weighted by Crippen LogP contribution is -2.31. The lowest BCUT2D eigenvalue weighted by molar-refractivity contribution is -0.432. The fourth-order valence-corrected chi connectivity index (χ4v) is 5.28. The molecule has 4 aromatic rings. The van der Waals surface area contributed by atoms with Crippen LogP contribution < -0.4 is 16.0 Å². The fourth-order valence-electron chi connectivity index (χ4n) is 4.00. The van der Waals surface area contributed by atoms with E-state index in [0.717, 1.165) is 11.8 Å². The normalized spacial score (nSPS) is 15.4. The highest BCUT2D eigenvalue weighted by atomic mass is 35.5. The number of halogens is 3. The minimum absolute atomic E-state index is 0.00864. The summed E-state index contributed by atoms with van der Waals surface area (Å²) in [5, 5.41) is 39.3. The van der Waals surface area contributed by atoms with Crippen LogP contribution in [0.25, 0.3) is 10.8 Å². The lowest BCUT2D eigenvalue weighted by Gasteiger charge is -2.19. The Kier molecular flexibility index (Phi) is 9.25. The van der Waals surface area contributed by atoms with Crippen molar-refractivity contribution in [2.24, 2.45) is 15.2 Å². The second kappa shape index (κ2) is 13.1. The molecule has 18 heteroatoms. The highest BCUT2D eigenvalue weighted by molar-refractivity contribution is 7.94. The van der Waals surface area contributed by atoms with Gasteiger partial charge >= 0.3 is 0 Å². The second-order valence-corrected chi connectivity index (χ2v) is 11.4. The third-order valence-electron chi connectivity index (χ3n) is 5.94. The van der Waals surface area contributed by atoms with E-state index < -0.39 is 43.9 Å². The fraction of sp³-hybridized carbons (Fsp3) is 0.0385. The van der Waals surface area contributed by atoms with Gasteiger partial charge in [-0.1, -0.05) is 40.9 Å². The molecular formula is C26H19ClF2N6O7S2. The molecule has 1 aliphatic rings. The topological polar surface area (TPSA) is 186 Å². The highest BCUT2D eigenvalue weighted by Gasteiger charge is 2.24. The van der Waals surface area contributed by atoms with Gasteiger partial charge in [-0.3, -0.25) is 4.55 Å². The molecule has 0 aliphatic carbocycles. The van der Waals surface area contributed by atoms with Crippen LogP contribution in [0.4, 0.5) is 37.2 Å². The summed E-state index contributed by atoms with van der Waals surface area (Å²) in [6, 6.07) is 19.1. The maximum atomic E-state index is 13.8. The summed E-state index contributed by atoms with van der Waals surface area (Å²) in [6.07, 6.45) is -3.35. The Morgan fingerprint density at radius 3 is 2.45 bits per heavy atom. The van der Waals surface area contributed by atoms with E-state index in [9.17, 15) is 26.9 Å². The number of azo groups is 1. The number of rotatable bonds is 10. The van der Waals surface area contributed by atoms with E-state index >= 15 is 0 Å². The van der Waals surface area contributed by atoms with Crippen molar-refractivity contribution in [1.82, 2.24) is 5.32 Å². The summed E-state index contributed by atoms with van der Waals surface area (Å²) in [5.41, 5.74) is 0.948. The number of hydrogen-bond donors (Lipinski definition) is 6. The zero-order chi connectivity index (χ0) is 31.4. The van der Waals surface area contributed by atoms with E-state index in [2.05, 4.69) is 40.5 Å². The molecule has 1 atom stereocenters. The maximum Gasteiger partial charge on any atom is 0.296 e. The molecule has 0 bridgehead atoms. The summed E-state index contributed by atoms with van der Waals surface area (Å²) in [4.78, 5) is 2.38. The van der Waals surface area contributed by atoms with Gasteiger partial charge in [0, 0.05) is 22.4 Å². The number of nitrogens with zero attached hydrogens (tertiary/aromatic N) is 3. The average Bonchev–Trinajstić information content (AvgIpc) is 2.99. The van der Waals surface area contributed by atoms with Crippen LogP contribution in [0.5, 0.6) is 5.75 Å². The smallest absolute Gasteiger partial charge is 0.296 e. The van der Waals surface area contributed by atoms with Gasteiger partial charge in [0.05, 0.1) is 16.9 Å². The number of hydrogen-bond acceptors (Lipinski definition) is 13. The van der Waals surface area contributed by atoms with E-state index in [-0.39, 0.29) is 32.9 Å². The molecule has 0 radical (unpaired) electrons. The molecule has 13 nitrogen and oxygen atoms in total. The zero-order valence-corrected chi connectivity index (χ0v) is 24.2. The van der Waals surface area contributed by atoms with Crippen molar-refractivity contribution in [3.63, 3.8) is 0 Å². The number of para-hydroxylation sites is 1. The van der Waals surface area contributed by atoms with Crippen molar-refractivity contribution in [2.45, 2.75) is 16.1 Å². The van der Waals surface area contributed by atoms with Crippen LogP contribution >= 0.6 is 23.6 Å². The molecule has 5 rings (SSSR count). The molecule has 4 aromatic carbocycles. The number of benzene rings is 4. The minimum atomic E-state index is -4.89. The Balaban J connectivity index is 1.53. The van der Waals surface area contributed by atoms with Crippen LogP contribution in [0, 0.1) is 0 Å². The quantitative estimate of drug-likeness (QED) is 0.0247. The number of phenols is 1. The molecule has 0 amide bonds. The summed E-state index contributed by atoms with van der Waals surface area (Å²) >= 11 is 6.30. The van der Waals surface area contributed by atoms with Gasteiger partial charge in [0.1, 0.15) is 27.1 Å². The van der Waals surface area contributed by atoms with Gasteiger partial charge in [0.15, 0.2) is 5.75 Å². The first-order valence-corrected chi connectivity index (χ1v) is 14.7. The first-order valence-electron chi connectivity index (χ1n) is 12.1. The van der Waals surface area contributed by atoms with Crippen molar-refractivity contribution >= 4 is 79.1 Å². The minimum Gasteiger partial charge on any atom is -0.505 e. The second-order valence-electron chi connectivity index (χ2n) is 8.81. The van der Waals surface area contributed by atoms with E-state index in [1.807, 2.05) is 30.3 Å². The first-order chi connectivity index (χ1) is 21.0. The number of aliphatic imine (C=N–C) groups is 1. The van der Waals surface area contributed by atoms with Gasteiger partial charge in [-0.05, 0) is 53.9 Å². The highest BCUT2D eigenvalue weighted by Crippen LogP contribution is 2.43. The van der Waals surface area contributed by atoms with E-state index in [4.69, 9.17) is 16.9 Å². The molecule has 1 heterocycles. The standard InChI is InChI=1S/C26H19ClF2N6O7S2/c27-21-24(28)32-26(29)33-25(21)31-16-8-9-18(19(12-16)43-42-41-37)34-35-22-20(44(38,39)40)10-13-6-7-15(11-17(13)23(22)36)30-14-4-2-1-3-5-14/h1-12,24,30-31,36-37H,(H,32,33)(H,38,39,40). The Morgan fingerprint density at radius 1 is 1.00 bits per heavy atom. The predicted molar refractivity (Wildman–Crippen MR) is 160 cm³/mol. The molecule has 0 spiro atoms. The lowest BCUT2D eigenvalue weighted by atomic mass is 10.1. The number of alkyl halides is 1. The van der Waals surface area contributed by atoms with Crippen LogP contribution in [0.15, 0.2) is 109 Å². The zero-order valence-electron chi connectivity index (χ0n) is 21.8. The van der Waals surface area contributed by atoms with E-state index in [1.54, 1.807) is 18.2 Å². The van der Waals surface area contributed by atoms with Crippen LogP contribution in [-0.2, 0) is 19.5 Å². The monoisotopic (exact) mass is 664 g/mol. The number of nitrogens with one attached hydrogen (secondary N) is 3. The predicted octanol–water partition coefficient (Wildman–Crippen LogP) is 7.42. The van der Waals surface area contributed by atoms with Gasteiger partial charge in [-0.15, -0.1) is 14.6 Å². The molecule has 228 valence electrons. The molecule has 44 heavy (non-hydrogen) atoms. The molecule has 0 fully saturated rings.